The Bertz CT molecular complexity index is 1330. The molecule has 1 aliphatic carbocycles. The van der Waals surface area contributed by atoms with E-state index < -0.39 is 0 Å². The van der Waals surface area contributed by atoms with Crippen LogP contribution in [0.25, 0.3) is 10.9 Å². The molecule has 2 aromatic heterocycles. The molecule has 8 nitrogen and oxygen atoms in total. The third-order valence-corrected chi connectivity index (χ3v) is 6.86. The molecule has 35 heavy (non-hydrogen) atoms. The summed E-state index contributed by atoms with van der Waals surface area (Å²) in [5.41, 5.74) is 2.55. The van der Waals surface area contributed by atoms with Crippen molar-refractivity contribution in [2.45, 2.75) is 46.0 Å². The molecule has 1 aromatic carbocycles. The number of pyridine rings is 1. The van der Waals surface area contributed by atoms with Crippen molar-refractivity contribution in [3.63, 3.8) is 0 Å². The van der Waals surface area contributed by atoms with Gasteiger partial charge in [0.15, 0.2) is 11.5 Å². The maximum atomic E-state index is 12.6. The third kappa shape index (κ3) is 5.01. The molecule has 0 unspecified atom stereocenters. The minimum atomic E-state index is -0.263. The second-order valence-electron chi connectivity index (χ2n) is 10.4. The number of benzene rings is 1. The maximum Gasteiger partial charge on any atom is 0.293 e. The van der Waals surface area contributed by atoms with E-state index in [0.717, 1.165) is 59.9 Å². The summed E-state index contributed by atoms with van der Waals surface area (Å²) in [4.78, 5) is 36.0. The first kappa shape index (κ1) is 23.3. The predicted octanol–water partition coefficient (Wildman–Crippen LogP) is 4.65. The van der Waals surface area contributed by atoms with Gasteiger partial charge in [-0.2, -0.15) is 4.98 Å². The monoisotopic (exact) mass is 477 g/mol. The van der Waals surface area contributed by atoms with Crippen LogP contribution < -0.4 is 20.5 Å². The van der Waals surface area contributed by atoms with Crippen molar-refractivity contribution < 1.29 is 11.0 Å². The molecule has 2 fully saturated rings. The van der Waals surface area contributed by atoms with Crippen molar-refractivity contribution in [3.8, 4) is 5.75 Å². The summed E-state index contributed by atoms with van der Waals surface area (Å²) in [6.45, 7) is 7.83. The Morgan fingerprint density at radius 3 is 2.63 bits per heavy atom. The van der Waals surface area contributed by atoms with Gasteiger partial charge in [-0.3, -0.25) is 9.59 Å². The summed E-state index contributed by atoms with van der Waals surface area (Å²) in [5, 5.41) is 4.38. The molecule has 1 saturated heterocycles. The molecule has 3 aromatic rings. The Balaban J connectivity index is 0.00000304. The Morgan fingerprint density at radius 1 is 1.20 bits per heavy atom. The Labute approximate surface area is 206 Å². The van der Waals surface area contributed by atoms with Crippen molar-refractivity contribution in [1.82, 2.24) is 14.5 Å². The van der Waals surface area contributed by atoms with Crippen molar-refractivity contribution in [3.05, 3.63) is 46.4 Å². The van der Waals surface area contributed by atoms with E-state index in [-0.39, 0.29) is 25.1 Å². The fourth-order valence-corrected chi connectivity index (χ4v) is 5.10. The van der Waals surface area contributed by atoms with Crippen LogP contribution in [0.2, 0.25) is 0 Å². The van der Waals surface area contributed by atoms with Crippen LogP contribution in [0.15, 0.2) is 35.3 Å². The van der Waals surface area contributed by atoms with Crippen LogP contribution in [0.3, 0.4) is 0 Å². The number of carbonyl (C=O) groups is 1. The van der Waals surface area contributed by atoms with Crippen molar-refractivity contribution >= 4 is 34.1 Å². The zero-order valence-electron chi connectivity index (χ0n) is 20.9. The number of rotatable bonds is 7. The zero-order valence-corrected chi connectivity index (χ0v) is 20.9. The summed E-state index contributed by atoms with van der Waals surface area (Å²) < 4.78 is 7.02. The lowest BCUT2D eigenvalue weighted by molar-refractivity contribution is -0.118. The lowest BCUT2D eigenvalue weighted by Crippen LogP contribution is -2.39. The van der Waals surface area contributed by atoms with Gasteiger partial charge in [-0.15, -0.1) is 0 Å². The highest BCUT2D eigenvalue weighted by molar-refractivity contribution is 5.85. The molecule has 186 valence electrons. The average Bonchev–Trinajstić information content (AvgIpc) is 3.65. The van der Waals surface area contributed by atoms with Gasteiger partial charge in [0.1, 0.15) is 12.4 Å². The highest BCUT2D eigenvalue weighted by Gasteiger charge is 2.29. The van der Waals surface area contributed by atoms with Gasteiger partial charge in [0, 0.05) is 44.4 Å². The Morgan fingerprint density at radius 2 is 1.94 bits per heavy atom. The molecule has 1 aliphatic heterocycles. The summed E-state index contributed by atoms with van der Waals surface area (Å²) >= 11 is 0. The fourth-order valence-electron chi connectivity index (χ4n) is 5.10. The molecule has 1 saturated carbocycles. The second kappa shape index (κ2) is 9.32. The Kier molecular flexibility index (Phi) is 6.21. The van der Waals surface area contributed by atoms with E-state index in [9.17, 15) is 9.59 Å². The average molecular weight is 478 g/mol. The van der Waals surface area contributed by atoms with Gasteiger partial charge in [-0.1, -0.05) is 13.8 Å². The first-order chi connectivity index (χ1) is 16.8. The number of hydrogen-bond acceptors (Lipinski definition) is 7. The largest absolute Gasteiger partial charge is 0.480 e. The quantitative estimate of drug-likeness (QED) is 0.530. The number of nitrogens with one attached hydrogen (secondary N) is 1. The molecule has 0 bridgehead atoms. The number of Topliss-reactive ketones (excluding diaryl/α,β-unsaturated/α-hetero) is 1. The number of ketones is 1. The van der Waals surface area contributed by atoms with Crippen molar-refractivity contribution in [2.75, 3.05) is 29.9 Å². The van der Waals surface area contributed by atoms with E-state index in [0.29, 0.717) is 17.8 Å². The second-order valence-corrected chi connectivity index (χ2v) is 10.4. The minimum Gasteiger partial charge on any atom is -0.480 e. The highest BCUT2D eigenvalue weighted by Crippen LogP contribution is 2.43. The van der Waals surface area contributed by atoms with E-state index in [4.69, 9.17) is 14.7 Å². The molecule has 2 aliphatic rings. The molecule has 0 spiro atoms. The summed E-state index contributed by atoms with van der Waals surface area (Å²) in [5.74, 6) is 3.40. The van der Waals surface area contributed by atoms with Crippen LogP contribution in [0.1, 0.15) is 52.9 Å². The zero-order chi connectivity index (χ0) is 24.7. The lowest BCUT2D eigenvalue weighted by atomic mass is 9.92. The molecule has 5 rings (SSSR count). The van der Waals surface area contributed by atoms with Crippen molar-refractivity contribution in [1.29, 1.82) is 0 Å². The Hall–Kier alpha value is -3.42. The van der Waals surface area contributed by atoms with Crippen LogP contribution >= 0.6 is 0 Å². The number of nitrogens with zero attached hydrogens (tertiary/aromatic N) is 4. The molecule has 3 heterocycles. The third-order valence-electron chi connectivity index (χ3n) is 6.86. The van der Waals surface area contributed by atoms with Gasteiger partial charge in [-0.05, 0) is 68.2 Å². The predicted molar refractivity (Wildman–Crippen MR) is 140 cm³/mol. The molecule has 0 amide bonds. The van der Waals surface area contributed by atoms with Gasteiger partial charge in [-0.25, -0.2) is 4.98 Å². The molecule has 2 atom stereocenters. The lowest BCUT2D eigenvalue weighted by Gasteiger charge is -2.35. The highest BCUT2D eigenvalue weighted by atomic mass is 16.5. The van der Waals surface area contributed by atoms with Crippen molar-refractivity contribution in [2.24, 2.45) is 18.9 Å². The number of anilines is 3. The normalized spacial score (nSPS) is 20.2. The van der Waals surface area contributed by atoms with E-state index in [1.807, 2.05) is 24.4 Å². The van der Waals surface area contributed by atoms with E-state index in [1.54, 1.807) is 17.7 Å². The standard InChI is InChI=1S/C27H33N5O3.H2/c1-16-9-17(2)14-32(13-16)27-28-12-22(19-5-6-19)25(30-27)29-21-7-8-23-20(10-21)11-24(26(34)31(23)4)35-15-18(3)33;/h7-8,10-12,16-17,19H,5-6,9,13-15H2,1-4H3,(H,28,29,30);1H/t16-,17+;. The molecule has 8 heteroatoms. The number of fused-ring (bicyclic) bond motifs is 1. The van der Waals surface area contributed by atoms with Gasteiger partial charge in [0.05, 0.1) is 5.52 Å². The summed E-state index contributed by atoms with van der Waals surface area (Å²) in [7, 11) is 1.71. The summed E-state index contributed by atoms with van der Waals surface area (Å²) in [6.07, 6.45) is 5.54. The van der Waals surface area contributed by atoms with Crippen LogP contribution in [-0.2, 0) is 11.8 Å². The van der Waals surface area contributed by atoms with Crippen LogP contribution in [0, 0.1) is 11.8 Å². The van der Waals surface area contributed by atoms with Crippen LogP contribution in [0.5, 0.6) is 5.75 Å². The number of hydrogen-bond donors (Lipinski definition) is 1. The molecule has 0 radical (unpaired) electrons. The number of ether oxygens (including phenoxy) is 1. The number of carbonyl (C=O) groups excluding carboxylic acids is 1. The van der Waals surface area contributed by atoms with E-state index in [1.165, 1.54) is 13.3 Å². The number of piperidine rings is 1. The number of aromatic nitrogens is 3. The maximum absolute atomic E-state index is 12.6. The van der Waals surface area contributed by atoms with Gasteiger partial charge in [0.2, 0.25) is 5.95 Å². The summed E-state index contributed by atoms with van der Waals surface area (Å²) in [6, 6.07) is 7.57. The van der Waals surface area contributed by atoms with Crippen LogP contribution in [0.4, 0.5) is 17.5 Å². The van der Waals surface area contributed by atoms with Gasteiger partial charge >= 0.3 is 0 Å². The SMILES string of the molecule is CC(=O)COc1cc2cc(Nc3nc(N4C[C@H](C)C[C@H](C)C4)ncc3C3CC3)ccc2n(C)c1=O.[HH]. The van der Waals surface area contributed by atoms with E-state index >= 15 is 0 Å². The number of aryl methyl sites for hydroxylation is 1. The van der Waals surface area contributed by atoms with Gasteiger partial charge < -0.3 is 19.5 Å². The topological polar surface area (TPSA) is 89.3 Å². The molecule has 1 N–H and O–H groups in total. The van der Waals surface area contributed by atoms with Crippen LogP contribution in [-0.4, -0.2) is 40.0 Å². The van der Waals surface area contributed by atoms with E-state index in [2.05, 4.69) is 24.1 Å². The first-order valence-corrected chi connectivity index (χ1v) is 12.4. The smallest absolute Gasteiger partial charge is 0.293 e. The molecular formula is C27H35N5O3. The minimum absolute atomic E-state index is 0. The molecular weight excluding hydrogens is 442 g/mol. The van der Waals surface area contributed by atoms with Gasteiger partial charge in [0.25, 0.3) is 5.56 Å². The fraction of sp³-hybridized carbons (Fsp3) is 0.481. The first-order valence-electron chi connectivity index (χ1n) is 12.4.